The highest BCUT2D eigenvalue weighted by Gasteiger charge is 2.54. The number of rotatable bonds is 4. The van der Waals surface area contributed by atoms with Crippen molar-refractivity contribution in [2.45, 2.75) is 19.3 Å². The molecule has 8 nitrogen and oxygen atoms in total. The van der Waals surface area contributed by atoms with Crippen LogP contribution in [0.3, 0.4) is 0 Å². The van der Waals surface area contributed by atoms with Gasteiger partial charge in [-0.3, -0.25) is 0 Å². The lowest BCUT2D eigenvalue weighted by Gasteiger charge is -2.30. The van der Waals surface area contributed by atoms with Crippen molar-refractivity contribution in [3.63, 3.8) is 0 Å². The zero-order valence-electron chi connectivity index (χ0n) is 17.5. The van der Waals surface area contributed by atoms with Crippen LogP contribution in [0, 0.1) is 24.1 Å². The maximum absolute atomic E-state index is 14.6. The summed E-state index contributed by atoms with van der Waals surface area (Å²) in [6, 6.07) is 8.50. The highest BCUT2D eigenvalue weighted by molar-refractivity contribution is 6.00. The monoisotopic (exact) mass is 492 g/mol. The van der Waals surface area contributed by atoms with Crippen molar-refractivity contribution < 1.29 is 41.0 Å². The van der Waals surface area contributed by atoms with Gasteiger partial charge in [-0.25, -0.2) is 18.9 Å². The molecule has 1 aromatic heterocycles. The first kappa shape index (κ1) is 23.7. The van der Waals surface area contributed by atoms with Crippen molar-refractivity contribution in [2.24, 2.45) is 0 Å². The summed E-state index contributed by atoms with van der Waals surface area (Å²) < 4.78 is 81.5. The molecular weight excluding hydrogens is 479 g/mol. The molecule has 13 heteroatoms. The first-order valence-corrected chi connectivity index (χ1v) is 9.67. The van der Waals surface area contributed by atoms with Crippen molar-refractivity contribution in [3.8, 4) is 23.3 Å². The maximum atomic E-state index is 14.6. The Hall–Kier alpha value is -4.44. The SMILES string of the molecule is Cc1cc(Oc2ccnc(C#N)c2)c(F)cc1NC(=O)Nc1ccc2c(c1)C(F)(F)OC(F)(F)O2. The predicted molar refractivity (Wildman–Crippen MR) is 110 cm³/mol. The normalized spacial score (nSPS) is 15.2. The summed E-state index contributed by atoms with van der Waals surface area (Å²) >= 11 is 0. The van der Waals surface area contributed by atoms with Crippen LogP contribution in [0.5, 0.6) is 17.2 Å². The molecule has 3 aromatic rings. The van der Waals surface area contributed by atoms with Gasteiger partial charge in [0.15, 0.2) is 11.6 Å². The topological polar surface area (TPSA) is 106 Å². The average Bonchev–Trinajstić information content (AvgIpc) is 2.76. The van der Waals surface area contributed by atoms with Crippen LogP contribution in [0.15, 0.2) is 48.7 Å². The summed E-state index contributed by atoms with van der Waals surface area (Å²) in [5.74, 6) is -1.67. The second kappa shape index (κ2) is 8.73. The summed E-state index contributed by atoms with van der Waals surface area (Å²) in [5.41, 5.74) is -0.717. The number of nitrogens with zero attached hydrogens (tertiary/aromatic N) is 2. The summed E-state index contributed by atoms with van der Waals surface area (Å²) in [7, 11) is 0. The van der Waals surface area contributed by atoms with E-state index in [1.54, 1.807) is 6.92 Å². The molecule has 0 unspecified atom stereocenters. The van der Waals surface area contributed by atoms with Crippen molar-refractivity contribution in [3.05, 3.63) is 71.3 Å². The van der Waals surface area contributed by atoms with E-state index in [-0.39, 0.29) is 28.6 Å². The fourth-order valence-electron chi connectivity index (χ4n) is 3.09. The average molecular weight is 492 g/mol. The third kappa shape index (κ3) is 5.22. The second-order valence-corrected chi connectivity index (χ2v) is 7.16. The van der Waals surface area contributed by atoms with Gasteiger partial charge in [0.2, 0.25) is 0 Å². The summed E-state index contributed by atoms with van der Waals surface area (Å²) in [6.45, 7) is 1.55. The van der Waals surface area contributed by atoms with Crippen molar-refractivity contribution >= 4 is 17.4 Å². The van der Waals surface area contributed by atoms with Crippen molar-refractivity contribution in [1.29, 1.82) is 5.26 Å². The minimum absolute atomic E-state index is 0.0365. The Bertz CT molecular complexity index is 1360. The van der Waals surface area contributed by atoms with Gasteiger partial charge in [-0.15, -0.1) is 8.78 Å². The number of hydrogen-bond donors (Lipinski definition) is 2. The van der Waals surface area contributed by atoms with E-state index in [0.717, 1.165) is 18.2 Å². The van der Waals surface area contributed by atoms with Crippen LogP contribution in [-0.4, -0.2) is 17.3 Å². The van der Waals surface area contributed by atoms with Gasteiger partial charge in [-0.1, -0.05) is 0 Å². The number of hydrogen-bond acceptors (Lipinski definition) is 6. The Morgan fingerprint density at radius 3 is 2.63 bits per heavy atom. The van der Waals surface area contributed by atoms with E-state index >= 15 is 0 Å². The molecule has 4 rings (SSSR count). The highest BCUT2D eigenvalue weighted by atomic mass is 19.3. The molecule has 2 aromatic carbocycles. The summed E-state index contributed by atoms with van der Waals surface area (Å²) in [5, 5.41) is 13.5. The van der Waals surface area contributed by atoms with Gasteiger partial charge >= 0.3 is 18.4 Å². The van der Waals surface area contributed by atoms with Crippen LogP contribution in [0.2, 0.25) is 0 Å². The lowest BCUT2D eigenvalue weighted by molar-refractivity contribution is -0.461. The number of pyridine rings is 1. The fraction of sp³-hybridized carbons (Fsp3) is 0.136. The predicted octanol–water partition coefficient (Wildman–Crippen LogP) is 5.85. The number of aromatic nitrogens is 1. The van der Waals surface area contributed by atoms with Crippen LogP contribution in [0.25, 0.3) is 0 Å². The molecule has 2 heterocycles. The van der Waals surface area contributed by atoms with Gasteiger partial charge in [-0.05, 0) is 42.8 Å². The van der Waals surface area contributed by atoms with E-state index in [0.29, 0.717) is 11.6 Å². The number of carbonyl (C=O) groups excluding carboxylic acids is 1. The number of nitrogens with one attached hydrogen (secondary N) is 2. The first-order chi connectivity index (χ1) is 16.5. The lowest BCUT2D eigenvalue weighted by atomic mass is 10.1. The van der Waals surface area contributed by atoms with Crippen molar-refractivity contribution in [1.82, 2.24) is 4.98 Å². The summed E-state index contributed by atoms with van der Waals surface area (Å²) in [6.07, 6.45) is -7.57. The number of nitriles is 1. The van der Waals surface area contributed by atoms with E-state index in [1.807, 2.05) is 6.07 Å². The molecule has 0 aliphatic carbocycles. The Labute approximate surface area is 193 Å². The number of aryl methyl sites for hydroxylation is 1. The minimum atomic E-state index is -4.52. The Morgan fingerprint density at radius 2 is 1.89 bits per heavy atom. The van der Waals surface area contributed by atoms with Gasteiger partial charge in [0, 0.05) is 29.7 Å². The molecule has 0 saturated heterocycles. The number of benzene rings is 2. The van der Waals surface area contributed by atoms with E-state index in [4.69, 9.17) is 10.00 Å². The molecule has 1 aliphatic heterocycles. The Kier molecular flexibility index (Phi) is 5.91. The van der Waals surface area contributed by atoms with Gasteiger partial charge in [0.25, 0.3) is 0 Å². The number of carbonyl (C=O) groups is 1. The Balaban J connectivity index is 1.48. The molecule has 2 N–H and O–H groups in total. The van der Waals surface area contributed by atoms with Crippen LogP contribution >= 0.6 is 0 Å². The molecule has 0 atom stereocenters. The van der Waals surface area contributed by atoms with Crippen LogP contribution in [-0.2, 0) is 10.8 Å². The molecule has 2 amide bonds. The number of halogens is 5. The van der Waals surface area contributed by atoms with Gasteiger partial charge in [0.05, 0.1) is 5.56 Å². The highest BCUT2D eigenvalue weighted by Crippen LogP contribution is 2.46. The zero-order chi connectivity index (χ0) is 25.4. The number of alkyl halides is 4. The lowest BCUT2D eigenvalue weighted by Crippen LogP contribution is -2.41. The van der Waals surface area contributed by atoms with Gasteiger partial charge in [0.1, 0.15) is 23.3 Å². The summed E-state index contributed by atoms with van der Waals surface area (Å²) in [4.78, 5) is 16.1. The number of fused-ring (bicyclic) bond motifs is 1. The van der Waals surface area contributed by atoms with E-state index in [9.17, 15) is 26.7 Å². The molecule has 0 saturated carbocycles. The largest absolute Gasteiger partial charge is 0.540 e. The molecular formula is C22H13F5N4O4. The molecule has 0 spiro atoms. The number of amides is 2. The van der Waals surface area contributed by atoms with E-state index in [1.165, 1.54) is 24.4 Å². The van der Waals surface area contributed by atoms with Gasteiger partial charge < -0.3 is 20.1 Å². The third-order valence-electron chi connectivity index (χ3n) is 4.63. The fourth-order valence-corrected chi connectivity index (χ4v) is 3.09. The number of anilines is 2. The number of urea groups is 1. The maximum Gasteiger partial charge on any atom is 0.540 e. The molecule has 0 radical (unpaired) electrons. The smallest absolute Gasteiger partial charge is 0.454 e. The molecule has 0 bridgehead atoms. The third-order valence-corrected chi connectivity index (χ3v) is 4.63. The standard InChI is InChI=1S/C22H13F5N4O4/c1-11-6-19(33-14-4-5-29-13(7-14)10-28)16(23)9-17(11)31-20(32)30-12-2-3-18-15(8-12)21(24,25)35-22(26,27)34-18/h2-9H,1H3,(H2,30,31,32). The molecule has 1 aliphatic rings. The first-order valence-electron chi connectivity index (χ1n) is 9.67. The minimum Gasteiger partial charge on any atom is -0.454 e. The van der Waals surface area contributed by atoms with E-state index in [2.05, 4.69) is 25.1 Å². The zero-order valence-corrected chi connectivity index (χ0v) is 17.5. The van der Waals surface area contributed by atoms with Crippen LogP contribution in [0.1, 0.15) is 16.8 Å². The second-order valence-electron chi connectivity index (χ2n) is 7.16. The van der Waals surface area contributed by atoms with Crippen molar-refractivity contribution in [2.75, 3.05) is 10.6 Å². The van der Waals surface area contributed by atoms with Gasteiger partial charge in [-0.2, -0.15) is 14.0 Å². The van der Waals surface area contributed by atoms with Crippen LogP contribution in [0.4, 0.5) is 38.1 Å². The molecule has 0 fully saturated rings. The number of ether oxygens (including phenoxy) is 3. The molecule has 35 heavy (non-hydrogen) atoms. The van der Waals surface area contributed by atoms with E-state index < -0.39 is 35.6 Å². The Morgan fingerprint density at radius 1 is 1.11 bits per heavy atom. The quantitative estimate of drug-likeness (QED) is 0.443. The molecule has 180 valence electrons. The van der Waals surface area contributed by atoms with Crippen LogP contribution < -0.4 is 20.1 Å².